The molecule has 0 bridgehead atoms. The smallest absolute Gasteiger partial charge is 0.0791 e. The van der Waals surface area contributed by atoms with E-state index in [4.69, 9.17) is 4.74 Å². The van der Waals surface area contributed by atoms with Crippen LogP contribution < -0.4 is 5.32 Å². The third-order valence-electron chi connectivity index (χ3n) is 2.78. The largest absolute Gasteiger partial charge is 0.390 e. The first-order valence-corrected chi connectivity index (χ1v) is 6.28. The van der Waals surface area contributed by atoms with Crippen molar-refractivity contribution in [1.29, 1.82) is 0 Å². The molecule has 1 rings (SSSR count). The van der Waals surface area contributed by atoms with Gasteiger partial charge >= 0.3 is 0 Å². The van der Waals surface area contributed by atoms with Crippen molar-refractivity contribution in [1.82, 2.24) is 10.2 Å². The highest BCUT2D eigenvalue weighted by molar-refractivity contribution is 4.80. The summed E-state index contributed by atoms with van der Waals surface area (Å²) in [5, 5.41) is 13.1. The van der Waals surface area contributed by atoms with Crippen LogP contribution in [0, 0.1) is 0 Å². The fourth-order valence-corrected chi connectivity index (χ4v) is 2.08. The maximum Gasteiger partial charge on any atom is 0.0791 e. The van der Waals surface area contributed by atoms with Crippen molar-refractivity contribution >= 4 is 0 Å². The van der Waals surface area contributed by atoms with Crippen LogP contribution in [0.3, 0.4) is 0 Å². The average molecular weight is 230 g/mol. The molecule has 16 heavy (non-hydrogen) atoms. The molecular formula is C12H26N2O2. The fourth-order valence-electron chi connectivity index (χ4n) is 2.08. The van der Waals surface area contributed by atoms with Gasteiger partial charge in [0.1, 0.15) is 0 Å². The summed E-state index contributed by atoms with van der Waals surface area (Å²) in [7, 11) is 0. The topological polar surface area (TPSA) is 44.7 Å². The predicted molar refractivity (Wildman–Crippen MR) is 65.6 cm³/mol. The van der Waals surface area contributed by atoms with E-state index < -0.39 is 0 Å². The molecule has 0 aromatic heterocycles. The Balaban J connectivity index is 2.20. The average Bonchev–Trinajstić information content (AvgIpc) is 2.16. The van der Waals surface area contributed by atoms with E-state index in [0.29, 0.717) is 6.54 Å². The Morgan fingerprint density at radius 3 is 2.88 bits per heavy atom. The summed E-state index contributed by atoms with van der Waals surface area (Å²) < 4.78 is 5.64. The van der Waals surface area contributed by atoms with E-state index in [9.17, 15) is 5.11 Å². The summed E-state index contributed by atoms with van der Waals surface area (Å²) in [6.07, 6.45) is 0.831. The number of hydrogen-bond donors (Lipinski definition) is 2. The Morgan fingerprint density at radius 2 is 2.25 bits per heavy atom. The Morgan fingerprint density at radius 1 is 1.50 bits per heavy atom. The molecule has 1 heterocycles. The number of nitrogens with one attached hydrogen (secondary N) is 1. The second kappa shape index (κ2) is 6.55. The molecule has 0 aliphatic carbocycles. The van der Waals surface area contributed by atoms with Crippen LogP contribution in [0.5, 0.6) is 0 Å². The predicted octanol–water partition coefficient (Wildman–Crippen LogP) is 0.458. The van der Waals surface area contributed by atoms with Gasteiger partial charge < -0.3 is 15.2 Å². The molecule has 0 saturated carbocycles. The SMILES string of the molecule is CCCNCC(O)CN1CCOC(C)(C)C1. The summed E-state index contributed by atoms with van der Waals surface area (Å²) in [6, 6.07) is 0. The highest BCUT2D eigenvalue weighted by atomic mass is 16.5. The summed E-state index contributed by atoms with van der Waals surface area (Å²) in [4.78, 5) is 2.28. The first kappa shape index (κ1) is 13.9. The van der Waals surface area contributed by atoms with Crippen LogP contribution in [0.25, 0.3) is 0 Å². The third-order valence-corrected chi connectivity index (χ3v) is 2.78. The third kappa shape index (κ3) is 5.25. The molecule has 4 heteroatoms. The van der Waals surface area contributed by atoms with Gasteiger partial charge in [0.25, 0.3) is 0 Å². The van der Waals surface area contributed by atoms with Crippen molar-refractivity contribution in [2.45, 2.75) is 38.9 Å². The quantitative estimate of drug-likeness (QED) is 0.651. The van der Waals surface area contributed by atoms with E-state index in [0.717, 1.165) is 39.2 Å². The molecule has 0 aromatic carbocycles. The molecule has 1 unspecified atom stereocenters. The minimum Gasteiger partial charge on any atom is -0.390 e. The van der Waals surface area contributed by atoms with Gasteiger partial charge in [-0.3, -0.25) is 4.90 Å². The molecule has 4 nitrogen and oxygen atoms in total. The minimum absolute atomic E-state index is 0.0746. The van der Waals surface area contributed by atoms with E-state index in [-0.39, 0.29) is 11.7 Å². The molecule has 0 spiro atoms. The molecular weight excluding hydrogens is 204 g/mol. The zero-order valence-electron chi connectivity index (χ0n) is 10.8. The Bertz CT molecular complexity index is 197. The summed E-state index contributed by atoms with van der Waals surface area (Å²) >= 11 is 0. The maximum atomic E-state index is 9.85. The monoisotopic (exact) mass is 230 g/mol. The van der Waals surface area contributed by atoms with E-state index in [2.05, 4.69) is 31.0 Å². The zero-order chi connectivity index (χ0) is 12.0. The van der Waals surface area contributed by atoms with Crippen LogP contribution in [-0.4, -0.2) is 61.0 Å². The lowest BCUT2D eigenvalue weighted by Crippen LogP contribution is -2.51. The maximum absolute atomic E-state index is 9.85. The molecule has 96 valence electrons. The number of nitrogens with zero attached hydrogens (tertiary/aromatic N) is 1. The lowest BCUT2D eigenvalue weighted by atomic mass is 10.1. The van der Waals surface area contributed by atoms with Gasteiger partial charge in [-0.2, -0.15) is 0 Å². The summed E-state index contributed by atoms with van der Waals surface area (Å²) in [6.45, 7) is 11.3. The second-order valence-electron chi connectivity index (χ2n) is 5.20. The van der Waals surface area contributed by atoms with Crippen LogP contribution in [0.4, 0.5) is 0 Å². The molecule has 0 aromatic rings. The molecule has 1 aliphatic heterocycles. The number of aliphatic hydroxyl groups excluding tert-OH is 1. The van der Waals surface area contributed by atoms with Crippen molar-refractivity contribution in [3.8, 4) is 0 Å². The molecule has 1 fully saturated rings. The Labute approximate surface area is 99.0 Å². The molecule has 1 saturated heterocycles. The molecule has 0 radical (unpaired) electrons. The van der Waals surface area contributed by atoms with Crippen LogP contribution in [0.1, 0.15) is 27.2 Å². The van der Waals surface area contributed by atoms with Gasteiger partial charge in [0.05, 0.1) is 18.3 Å². The van der Waals surface area contributed by atoms with E-state index in [1.54, 1.807) is 0 Å². The van der Waals surface area contributed by atoms with Crippen molar-refractivity contribution in [2.24, 2.45) is 0 Å². The van der Waals surface area contributed by atoms with Crippen molar-refractivity contribution < 1.29 is 9.84 Å². The van der Waals surface area contributed by atoms with E-state index in [1.807, 2.05) is 0 Å². The lowest BCUT2D eigenvalue weighted by Gasteiger charge is -2.38. The lowest BCUT2D eigenvalue weighted by molar-refractivity contribution is -0.0928. The van der Waals surface area contributed by atoms with E-state index in [1.165, 1.54) is 0 Å². The number of aliphatic hydroxyl groups is 1. The van der Waals surface area contributed by atoms with Gasteiger partial charge in [-0.05, 0) is 26.8 Å². The van der Waals surface area contributed by atoms with Gasteiger partial charge in [0, 0.05) is 26.2 Å². The van der Waals surface area contributed by atoms with Gasteiger partial charge in [0.15, 0.2) is 0 Å². The number of rotatable bonds is 6. The number of β-amino-alcohol motifs (C(OH)–C–C–N with tert-alkyl or cyclic N) is 1. The molecule has 0 amide bonds. The van der Waals surface area contributed by atoms with Crippen LogP contribution in [0.15, 0.2) is 0 Å². The van der Waals surface area contributed by atoms with Gasteiger partial charge in [-0.1, -0.05) is 6.92 Å². The minimum atomic E-state index is -0.277. The fraction of sp³-hybridized carbons (Fsp3) is 1.00. The first-order chi connectivity index (χ1) is 7.53. The van der Waals surface area contributed by atoms with Gasteiger partial charge in [-0.15, -0.1) is 0 Å². The van der Waals surface area contributed by atoms with Crippen LogP contribution in [-0.2, 0) is 4.74 Å². The molecule has 1 atom stereocenters. The number of ether oxygens (including phenoxy) is 1. The van der Waals surface area contributed by atoms with E-state index >= 15 is 0 Å². The first-order valence-electron chi connectivity index (χ1n) is 6.28. The second-order valence-corrected chi connectivity index (χ2v) is 5.20. The standard InChI is InChI=1S/C12H26N2O2/c1-4-5-13-8-11(15)9-14-6-7-16-12(2,3)10-14/h11,13,15H,4-10H2,1-3H3. The van der Waals surface area contributed by atoms with Crippen molar-refractivity contribution in [3.05, 3.63) is 0 Å². The Hall–Kier alpha value is -0.160. The van der Waals surface area contributed by atoms with Gasteiger partial charge in [0.2, 0.25) is 0 Å². The summed E-state index contributed by atoms with van der Waals surface area (Å²) in [5.41, 5.74) is -0.0746. The molecule has 1 aliphatic rings. The Kier molecular flexibility index (Phi) is 5.69. The normalized spacial score (nSPS) is 23.2. The zero-order valence-corrected chi connectivity index (χ0v) is 10.8. The highest BCUT2D eigenvalue weighted by Crippen LogP contribution is 2.16. The van der Waals surface area contributed by atoms with Crippen LogP contribution in [0.2, 0.25) is 0 Å². The van der Waals surface area contributed by atoms with Crippen molar-refractivity contribution in [3.63, 3.8) is 0 Å². The number of morpholine rings is 1. The molecule has 2 N–H and O–H groups in total. The highest BCUT2D eigenvalue weighted by Gasteiger charge is 2.27. The van der Waals surface area contributed by atoms with Gasteiger partial charge in [-0.25, -0.2) is 0 Å². The van der Waals surface area contributed by atoms with Crippen molar-refractivity contribution in [2.75, 3.05) is 39.3 Å². The summed E-state index contributed by atoms with van der Waals surface area (Å²) in [5.74, 6) is 0. The number of hydrogen-bond acceptors (Lipinski definition) is 4. The van der Waals surface area contributed by atoms with Crippen LogP contribution >= 0.6 is 0 Å².